The van der Waals surface area contributed by atoms with Crippen LogP contribution in [0.15, 0.2) is 0 Å². The largest absolute Gasteiger partial charge is 0.303 e. The van der Waals surface area contributed by atoms with Crippen LogP contribution >= 0.6 is 0 Å². The lowest BCUT2D eigenvalue weighted by atomic mass is 10.0. The fraction of sp³-hybridized carbons (Fsp3) is 1.00. The number of fused-ring (bicyclic) bond motifs is 1. The van der Waals surface area contributed by atoms with E-state index in [0.717, 1.165) is 32.5 Å². The van der Waals surface area contributed by atoms with E-state index in [1.807, 2.05) is 0 Å². The summed E-state index contributed by atoms with van der Waals surface area (Å²) in [7, 11) is 0. The van der Waals surface area contributed by atoms with Gasteiger partial charge >= 0.3 is 0 Å². The van der Waals surface area contributed by atoms with Crippen LogP contribution < -0.4 is 0 Å². The van der Waals surface area contributed by atoms with Gasteiger partial charge in [-0.15, -0.1) is 0 Å². The van der Waals surface area contributed by atoms with Crippen molar-refractivity contribution in [2.75, 3.05) is 19.6 Å². The molecule has 1 aliphatic carbocycles. The second-order valence-corrected chi connectivity index (χ2v) is 4.44. The van der Waals surface area contributed by atoms with E-state index in [4.69, 9.17) is 0 Å². The van der Waals surface area contributed by atoms with Crippen molar-refractivity contribution in [1.82, 2.24) is 4.90 Å². The molecule has 1 nitrogen and oxygen atoms in total. The standard InChI is InChI=1S/C10H17F2N/c1-2-13-5-8-3-7(10(11)12)4-9(8)6-13/h7-10H,2-6H2,1H3. The predicted octanol–water partition coefficient (Wildman–Crippen LogP) is 2.23. The molecule has 2 atom stereocenters. The summed E-state index contributed by atoms with van der Waals surface area (Å²) in [5.74, 6) is 0.840. The molecule has 2 unspecified atom stereocenters. The van der Waals surface area contributed by atoms with Crippen molar-refractivity contribution in [2.45, 2.75) is 26.2 Å². The predicted molar refractivity (Wildman–Crippen MR) is 47.8 cm³/mol. The van der Waals surface area contributed by atoms with E-state index in [1.165, 1.54) is 0 Å². The monoisotopic (exact) mass is 189 g/mol. The molecule has 0 radical (unpaired) electrons. The molecule has 13 heavy (non-hydrogen) atoms. The highest BCUT2D eigenvalue weighted by atomic mass is 19.3. The van der Waals surface area contributed by atoms with Gasteiger partial charge < -0.3 is 4.90 Å². The van der Waals surface area contributed by atoms with Gasteiger partial charge in [0.25, 0.3) is 0 Å². The zero-order valence-electron chi connectivity index (χ0n) is 8.05. The van der Waals surface area contributed by atoms with Crippen LogP contribution in [0.4, 0.5) is 8.78 Å². The molecule has 0 amide bonds. The maximum Gasteiger partial charge on any atom is 0.241 e. The Hall–Kier alpha value is -0.180. The van der Waals surface area contributed by atoms with Crippen molar-refractivity contribution in [3.05, 3.63) is 0 Å². The Labute approximate surface area is 78.1 Å². The zero-order chi connectivity index (χ0) is 9.42. The minimum Gasteiger partial charge on any atom is -0.303 e. The van der Waals surface area contributed by atoms with Crippen LogP contribution in [0, 0.1) is 17.8 Å². The Balaban J connectivity index is 1.89. The zero-order valence-corrected chi connectivity index (χ0v) is 8.05. The van der Waals surface area contributed by atoms with Gasteiger partial charge in [0.2, 0.25) is 6.43 Å². The normalized spacial score (nSPS) is 40.2. The van der Waals surface area contributed by atoms with Crippen molar-refractivity contribution in [3.63, 3.8) is 0 Å². The molecule has 1 saturated heterocycles. The number of alkyl halides is 2. The van der Waals surface area contributed by atoms with Crippen LogP contribution in [-0.2, 0) is 0 Å². The molecule has 1 saturated carbocycles. The van der Waals surface area contributed by atoms with Crippen LogP contribution in [0.2, 0.25) is 0 Å². The van der Waals surface area contributed by atoms with Crippen LogP contribution in [0.3, 0.4) is 0 Å². The average molecular weight is 189 g/mol. The van der Waals surface area contributed by atoms with Crippen LogP contribution in [0.1, 0.15) is 19.8 Å². The number of likely N-dealkylation sites (tertiary alicyclic amines) is 1. The minimum atomic E-state index is -2.08. The second kappa shape index (κ2) is 3.52. The van der Waals surface area contributed by atoms with Crippen LogP contribution in [-0.4, -0.2) is 31.0 Å². The van der Waals surface area contributed by atoms with Gasteiger partial charge in [0.05, 0.1) is 0 Å². The number of nitrogens with zero attached hydrogens (tertiary/aromatic N) is 1. The van der Waals surface area contributed by atoms with Gasteiger partial charge in [-0.25, -0.2) is 8.78 Å². The Kier molecular flexibility index (Phi) is 2.54. The van der Waals surface area contributed by atoms with E-state index in [1.54, 1.807) is 0 Å². The summed E-state index contributed by atoms with van der Waals surface area (Å²) < 4.78 is 24.8. The molecule has 2 aliphatic rings. The highest BCUT2D eigenvalue weighted by molar-refractivity contribution is 4.92. The number of hydrogen-bond donors (Lipinski definition) is 0. The van der Waals surface area contributed by atoms with Crippen molar-refractivity contribution < 1.29 is 8.78 Å². The van der Waals surface area contributed by atoms with Crippen molar-refractivity contribution in [1.29, 1.82) is 0 Å². The highest BCUT2D eigenvalue weighted by Gasteiger charge is 2.43. The Morgan fingerprint density at radius 2 is 1.77 bits per heavy atom. The average Bonchev–Trinajstić information content (AvgIpc) is 2.58. The highest BCUT2D eigenvalue weighted by Crippen LogP contribution is 2.43. The Morgan fingerprint density at radius 3 is 2.15 bits per heavy atom. The molecule has 0 aromatic heterocycles. The lowest BCUT2D eigenvalue weighted by molar-refractivity contribution is 0.0737. The van der Waals surface area contributed by atoms with Gasteiger partial charge in [-0.2, -0.15) is 0 Å². The molecular formula is C10H17F2N. The van der Waals surface area contributed by atoms with Gasteiger partial charge in [-0.3, -0.25) is 0 Å². The first-order valence-electron chi connectivity index (χ1n) is 5.21. The molecule has 0 aromatic rings. The maximum absolute atomic E-state index is 12.4. The van der Waals surface area contributed by atoms with Gasteiger partial charge in [0.15, 0.2) is 0 Å². The van der Waals surface area contributed by atoms with Gasteiger partial charge in [-0.1, -0.05) is 6.92 Å². The van der Waals surface area contributed by atoms with Crippen LogP contribution in [0.5, 0.6) is 0 Å². The number of halogens is 2. The van der Waals surface area contributed by atoms with Crippen LogP contribution in [0.25, 0.3) is 0 Å². The van der Waals surface area contributed by atoms with E-state index in [9.17, 15) is 8.78 Å². The van der Waals surface area contributed by atoms with Gasteiger partial charge in [0, 0.05) is 19.0 Å². The van der Waals surface area contributed by atoms with Crippen molar-refractivity contribution in [2.24, 2.45) is 17.8 Å². The third-order valence-electron chi connectivity index (χ3n) is 3.67. The SMILES string of the molecule is CCN1CC2CC(C(F)F)CC2C1. The summed E-state index contributed by atoms with van der Waals surface area (Å²) in [5, 5.41) is 0. The summed E-state index contributed by atoms with van der Waals surface area (Å²) in [5.41, 5.74) is 0. The van der Waals surface area contributed by atoms with Crippen molar-refractivity contribution in [3.8, 4) is 0 Å². The first-order chi connectivity index (χ1) is 6.20. The van der Waals surface area contributed by atoms with Gasteiger partial charge in [0.1, 0.15) is 0 Å². The summed E-state index contributed by atoms with van der Waals surface area (Å²) >= 11 is 0. The first kappa shape index (κ1) is 9.38. The first-order valence-corrected chi connectivity index (χ1v) is 5.21. The molecule has 1 aliphatic heterocycles. The number of rotatable bonds is 2. The molecule has 0 aromatic carbocycles. The Bertz CT molecular complexity index is 170. The molecule has 76 valence electrons. The van der Waals surface area contributed by atoms with Crippen molar-refractivity contribution >= 4 is 0 Å². The van der Waals surface area contributed by atoms with E-state index in [-0.39, 0.29) is 5.92 Å². The summed E-state index contributed by atoms with van der Waals surface area (Å²) in [6, 6.07) is 0. The fourth-order valence-electron chi connectivity index (χ4n) is 2.91. The molecule has 1 heterocycles. The molecular weight excluding hydrogens is 172 g/mol. The molecule has 0 N–H and O–H groups in total. The smallest absolute Gasteiger partial charge is 0.241 e. The summed E-state index contributed by atoms with van der Waals surface area (Å²) in [6.07, 6.45) is -0.557. The quantitative estimate of drug-likeness (QED) is 0.644. The van der Waals surface area contributed by atoms with E-state index >= 15 is 0 Å². The summed E-state index contributed by atoms with van der Waals surface area (Å²) in [4.78, 5) is 2.39. The lowest BCUT2D eigenvalue weighted by Gasteiger charge is -2.16. The fourth-order valence-corrected chi connectivity index (χ4v) is 2.91. The Morgan fingerprint density at radius 1 is 1.23 bits per heavy atom. The molecule has 2 fully saturated rings. The topological polar surface area (TPSA) is 3.24 Å². The third kappa shape index (κ3) is 1.71. The molecule has 2 rings (SSSR count). The second-order valence-electron chi connectivity index (χ2n) is 4.44. The minimum absolute atomic E-state index is 0.297. The maximum atomic E-state index is 12.4. The van der Waals surface area contributed by atoms with E-state index in [0.29, 0.717) is 11.8 Å². The third-order valence-corrected chi connectivity index (χ3v) is 3.67. The molecule has 0 bridgehead atoms. The van der Waals surface area contributed by atoms with E-state index < -0.39 is 6.43 Å². The molecule has 3 heteroatoms. The summed E-state index contributed by atoms with van der Waals surface area (Å²) in [6.45, 7) is 5.34. The lowest BCUT2D eigenvalue weighted by Crippen LogP contribution is -2.22. The van der Waals surface area contributed by atoms with E-state index in [2.05, 4.69) is 11.8 Å². The van der Waals surface area contributed by atoms with Gasteiger partial charge in [-0.05, 0) is 31.2 Å². The molecule has 0 spiro atoms. The number of hydrogen-bond acceptors (Lipinski definition) is 1.